The lowest BCUT2D eigenvalue weighted by molar-refractivity contribution is -0.0328. The number of hydrogen-bond acceptors (Lipinski definition) is 5. The van der Waals surface area contributed by atoms with Crippen molar-refractivity contribution in [3.63, 3.8) is 0 Å². The third-order valence-corrected chi connectivity index (χ3v) is 3.67. The maximum atomic E-state index is 12.4. The highest BCUT2D eigenvalue weighted by molar-refractivity contribution is 5.67. The molecule has 3 N–H and O–H groups in total. The summed E-state index contributed by atoms with van der Waals surface area (Å²) in [6.45, 7) is 5.03. The molecule has 6 nitrogen and oxygen atoms in total. The molecule has 0 bridgehead atoms. The molecule has 0 aliphatic carbocycles. The topological polar surface area (TPSA) is 70.8 Å². The van der Waals surface area contributed by atoms with Crippen LogP contribution in [-0.4, -0.2) is 55.4 Å². The molecule has 1 fully saturated rings. The van der Waals surface area contributed by atoms with Crippen LogP contribution in [0.15, 0.2) is 30.3 Å². The van der Waals surface area contributed by atoms with Crippen LogP contribution in [0.25, 0.3) is 0 Å². The number of carbonyl (C=O) groups is 1. The molecule has 2 rings (SSSR count). The highest BCUT2D eigenvalue weighted by Crippen LogP contribution is 2.08. The van der Waals surface area contributed by atoms with Crippen molar-refractivity contribution in [3.8, 4) is 0 Å². The Kier molecular flexibility index (Phi) is 7.15. The number of nitrogens with two attached hydrogens (primary N) is 1. The quantitative estimate of drug-likeness (QED) is 0.740. The second kappa shape index (κ2) is 9.40. The van der Waals surface area contributed by atoms with Crippen molar-refractivity contribution in [2.24, 2.45) is 5.73 Å². The predicted octanol–water partition coefficient (Wildman–Crippen LogP) is 1.18. The van der Waals surface area contributed by atoms with E-state index >= 15 is 0 Å². The SMILES string of the molecule is NCCCCN(C(=O)OCc1ccccc1)N1CCNCC1. The highest BCUT2D eigenvalue weighted by Gasteiger charge is 2.23. The van der Waals surface area contributed by atoms with E-state index in [1.54, 1.807) is 5.01 Å². The predicted molar refractivity (Wildman–Crippen MR) is 86.1 cm³/mol. The van der Waals surface area contributed by atoms with Crippen LogP contribution in [0.4, 0.5) is 4.79 Å². The first-order chi connectivity index (χ1) is 10.8. The molecular formula is C16H26N4O2. The highest BCUT2D eigenvalue weighted by atomic mass is 16.6. The Morgan fingerprint density at radius 1 is 1.23 bits per heavy atom. The summed E-state index contributed by atoms with van der Waals surface area (Å²) in [4.78, 5) is 12.4. The number of carbonyl (C=O) groups excluding carboxylic acids is 1. The molecule has 6 heteroatoms. The first-order valence-electron chi connectivity index (χ1n) is 7.95. The van der Waals surface area contributed by atoms with Crippen molar-refractivity contribution in [1.82, 2.24) is 15.3 Å². The van der Waals surface area contributed by atoms with Crippen LogP contribution in [0.2, 0.25) is 0 Å². The fourth-order valence-electron chi connectivity index (χ4n) is 2.44. The van der Waals surface area contributed by atoms with Gasteiger partial charge in [0, 0.05) is 32.7 Å². The normalized spacial score (nSPS) is 15.5. The average Bonchev–Trinajstić information content (AvgIpc) is 2.58. The minimum Gasteiger partial charge on any atom is -0.444 e. The number of hydrazine groups is 1. The van der Waals surface area contributed by atoms with Gasteiger partial charge in [-0.05, 0) is 24.9 Å². The Morgan fingerprint density at radius 3 is 2.64 bits per heavy atom. The number of rotatable bonds is 7. The van der Waals surface area contributed by atoms with Gasteiger partial charge in [-0.2, -0.15) is 0 Å². The molecule has 0 spiro atoms. The van der Waals surface area contributed by atoms with Crippen LogP contribution in [-0.2, 0) is 11.3 Å². The number of piperazine rings is 1. The number of amides is 1. The van der Waals surface area contributed by atoms with Gasteiger partial charge >= 0.3 is 6.09 Å². The van der Waals surface area contributed by atoms with E-state index < -0.39 is 0 Å². The van der Waals surface area contributed by atoms with Gasteiger partial charge in [-0.15, -0.1) is 0 Å². The number of ether oxygens (including phenoxy) is 1. The van der Waals surface area contributed by atoms with Crippen LogP contribution >= 0.6 is 0 Å². The fraction of sp³-hybridized carbons (Fsp3) is 0.562. The summed E-state index contributed by atoms with van der Waals surface area (Å²) < 4.78 is 5.47. The summed E-state index contributed by atoms with van der Waals surface area (Å²) in [5.41, 5.74) is 6.54. The molecule has 0 unspecified atom stereocenters. The second-order valence-electron chi connectivity index (χ2n) is 5.36. The van der Waals surface area contributed by atoms with E-state index in [2.05, 4.69) is 10.3 Å². The van der Waals surface area contributed by atoms with E-state index in [0.29, 0.717) is 19.7 Å². The molecular weight excluding hydrogens is 280 g/mol. The van der Waals surface area contributed by atoms with Crippen LogP contribution < -0.4 is 11.1 Å². The van der Waals surface area contributed by atoms with Crippen molar-refractivity contribution in [1.29, 1.82) is 0 Å². The van der Waals surface area contributed by atoms with Gasteiger partial charge in [-0.1, -0.05) is 30.3 Å². The summed E-state index contributed by atoms with van der Waals surface area (Å²) in [6, 6.07) is 9.75. The monoisotopic (exact) mass is 306 g/mol. The van der Waals surface area contributed by atoms with E-state index in [1.807, 2.05) is 30.3 Å². The molecule has 1 heterocycles. The standard InChI is InChI=1S/C16H26N4O2/c17-8-4-5-11-20(19-12-9-18-10-13-19)16(21)22-14-15-6-2-1-3-7-15/h1-3,6-7,18H,4-5,8-14,17H2. The number of hydrogen-bond donors (Lipinski definition) is 2. The van der Waals surface area contributed by atoms with Gasteiger partial charge in [0.25, 0.3) is 0 Å². The van der Waals surface area contributed by atoms with Crippen LogP contribution in [0.1, 0.15) is 18.4 Å². The fourth-order valence-corrected chi connectivity index (χ4v) is 2.44. The van der Waals surface area contributed by atoms with E-state index in [0.717, 1.165) is 44.6 Å². The van der Waals surface area contributed by atoms with E-state index in [9.17, 15) is 4.79 Å². The molecule has 1 aromatic rings. The van der Waals surface area contributed by atoms with Crippen LogP contribution in [0.5, 0.6) is 0 Å². The van der Waals surface area contributed by atoms with E-state index in [-0.39, 0.29) is 6.09 Å². The molecule has 0 atom stereocenters. The van der Waals surface area contributed by atoms with Crippen molar-refractivity contribution in [2.75, 3.05) is 39.3 Å². The lowest BCUT2D eigenvalue weighted by atomic mass is 10.2. The summed E-state index contributed by atoms with van der Waals surface area (Å²) in [7, 11) is 0. The number of benzene rings is 1. The minimum absolute atomic E-state index is 0.275. The number of nitrogens with one attached hydrogen (secondary N) is 1. The molecule has 0 saturated carbocycles. The molecule has 22 heavy (non-hydrogen) atoms. The lowest BCUT2D eigenvalue weighted by Gasteiger charge is -2.36. The van der Waals surface area contributed by atoms with Gasteiger partial charge in [0.1, 0.15) is 6.61 Å². The molecule has 1 saturated heterocycles. The van der Waals surface area contributed by atoms with Crippen LogP contribution in [0, 0.1) is 0 Å². The van der Waals surface area contributed by atoms with Crippen LogP contribution in [0.3, 0.4) is 0 Å². The lowest BCUT2D eigenvalue weighted by Crippen LogP contribution is -2.54. The van der Waals surface area contributed by atoms with Crippen molar-refractivity contribution < 1.29 is 9.53 Å². The third kappa shape index (κ3) is 5.29. The van der Waals surface area contributed by atoms with E-state index in [4.69, 9.17) is 10.5 Å². The van der Waals surface area contributed by atoms with Crippen molar-refractivity contribution in [2.45, 2.75) is 19.4 Å². The van der Waals surface area contributed by atoms with Gasteiger partial charge in [-0.3, -0.25) is 0 Å². The Labute approximate surface area is 132 Å². The molecule has 1 aromatic carbocycles. The summed E-state index contributed by atoms with van der Waals surface area (Å²) in [5.74, 6) is 0. The summed E-state index contributed by atoms with van der Waals surface area (Å²) >= 11 is 0. The Bertz CT molecular complexity index is 435. The molecule has 1 aliphatic heterocycles. The Balaban J connectivity index is 1.89. The maximum absolute atomic E-state index is 12.4. The largest absolute Gasteiger partial charge is 0.444 e. The first-order valence-corrected chi connectivity index (χ1v) is 7.95. The Hall–Kier alpha value is -1.63. The third-order valence-electron chi connectivity index (χ3n) is 3.67. The van der Waals surface area contributed by atoms with Crippen molar-refractivity contribution >= 4 is 6.09 Å². The minimum atomic E-state index is -0.275. The molecule has 0 aromatic heterocycles. The molecule has 122 valence electrons. The zero-order chi connectivity index (χ0) is 15.6. The number of unbranched alkanes of at least 4 members (excludes halogenated alkanes) is 1. The average molecular weight is 306 g/mol. The van der Waals surface area contributed by atoms with Gasteiger partial charge in [0.2, 0.25) is 0 Å². The van der Waals surface area contributed by atoms with Crippen molar-refractivity contribution in [3.05, 3.63) is 35.9 Å². The Morgan fingerprint density at radius 2 is 1.95 bits per heavy atom. The summed E-state index contributed by atoms with van der Waals surface area (Å²) in [5, 5.41) is 7.10. The number of nitrogens with zero attached hydrogens (tertiary/aromatic N) is 2. The zero-order valence-corrected chi connectivity index (χ0v) is 13.0. The van der Waals surface area contributed by atoms with Gasteiger partial charge < -0.3 is 15.8 Å². The summed E-state index contributed by atoms with van der Waals surface area (Å²) in [6.07, 6.45) is 1.53. The van der Waals surface area contributed by atoms with Gasteiger partial charge in [0.15, 0.2) is 0 Å². The smallest absolute Gasteiger partial charge is 0.424 e. The first kappa shape index (κ1) is 16.7. The molecule has 0 radical (unpaired) electrons. The molecule has 1 aliphatic rings. The molecule has 1 amide bonds. The van der Waals surface area contributed by atoms with E-state index in [1.165, 1.54) is 0 Å². The van der Waals surface area contributed by atoms with Gasteiger partial charge in [-0.25, -0.2) is 14.8 Å². The maximum Gasteiger partial charge on any atom is 0.424 e. The zero-order valence-electron chi connectivity index (χ0n) is 13.0. The van der Waals surface area contributed by atoms with Gasteiger partial charge in [0.05, 0.1) is 0 Å². The second-order valence-corrected chi connectivity index (χ2v) is 5.36.